The van der Waals surface area contributed by atoms with E-state index in [1.54, 1.807) is 19.1 Å². The molecule has 2 rings (SSSR count). The molecule has 146 valence electrons. The van der Waals surface area contributed by atoms with Crippen LogP contribution in [0.5, 0.6) is 11.5 Å². The number of hydrogen-bond donors (Lipinski definition) is 2. The summed E-state index contributed by atoms with van der Waals surface area (Å²) < 4.78 is 37.7. The zero-order valence-corrected chi connectivity index (χ0v) is 16.1. The van der Waals surface area contributed by atoms with Gasteiger partial charge in [0.15, 0.2) is 0 Å². The van der Waals surface area contributed by atoms with Crippen LogP contribution in [0.15, 0.2) is 18.2 Å². The van der Waals surface area contributed by atoms with Gasteiger partial charge in [-0.3, -0.25) is 9.69 Å². The van der Waals surface area contributed by atoms with Crippen molar-refractivity contribution < 1.29 is 22.7 Å². The average molecular weight is 386 g/mol. The number of piperazine rings is 1. The summed E-state index contributed by atoms with van der Waals surface area (Å²) in [6, 6.07) is 5.68. The second-order valence-electron chi connectivity index (χ2n) is 5.86. The zero-order valence-electron chi connectivity index (χ0n) is 15.3. The van der Waals surface area contributed by atoms with Crippen molar-refractivity contribution in [3.8, 4) is 11.5 Å². The summed E-state index contributed by atoms with van der Waals surface area (Å²) >= 11 is 0. The van der Waals surface area contributed by atoms with Crippen molar-refractivity contribution in [3.05, 3.63) is 23.8 Å². The molecule has 0 spiro atoms. The topological polar surface area (TPSA) is 100 Å². The Morgan fingerprint density at radius 3 is 2.42 bits per heavy atom. The number of ether oxygens (including phenoxy) is 2. The highest BCUT2D eigenvalue weighted by Gasteiger charge is 2.22. The van der Waals surface area contributed by atoms with Gasteiger partial charge in [-0.05, 0) is 18.2 Å². The summed E-state index contributed by atoms with van der Waals surface area (Å²) in [5.41, 5.74) is 1.02. The molecule has 0 atom stereocenters. The fraction of sp³-hybridized carbons (Fsp3) is 0.562. The molecule has 9 nitrogen and oxygen atoms in total. The predicted molar refractivity (Wildman–Crippen MR) is 97.4 cm³/mol. The lowest BCUT2D eigenvalue weighted by atomic mass is 10.1. The molecule has 0 bridgehead atoms. The van der Waals surface area contributed by atoms with Crippen molar-refractivity contribution in [3.63, 3.8) is 0 Å². The summed E-state index contributed by atoms with van der Waals surface area (Å²) in [5, 5.41) is 0. The third-order valence-corrected chi connectivity index (χ3v) is 5.35. The first kappa shape index (κ1) is 20.4. The van der Waals surface area contributed by atoms with Crippen LogP contribution in [0.2, 0.25) is 0 Å². The second-order valence-corrected chi connectivity index (χ2v) is 7.57. The summed E-state index contributed by atoms with van der Waals surface area (Å²) in [6.07, 6.45) is 0. The van der Waals surface area contributed by atoms with Crippen LogP contribution in [0.4, 0.5) is 0 Å². The summed E-state index contributed by atoms with van der Waals surface area (Å²) in [5.74, 6) is 1.33. The molecule has 1 heterocycles. The normalized spacial score (nSPS) is 15.7. The number of carbonyl (C=O) groups excluding carboxylic acids is 1. The zero-order chi connectivity index (χ0) is 19.2. The Bertz CT molecular complexity index is 717. The van der Waals surface area contributed by atoms with Gasteiger partial charge >= 0.3 is 0 Å². The first-order valence-corrected chi connectivity index (χ1v) is 9.76. The Hall–Kier alpha value is -1.88. The van der Waals surface area contributed by atoms with Gasteiger partial charge in [0.1, 0.15) is 11.5 Å². The van der Waals surface area contributed by atoms with Gasteiger partial charge in [0.2, 0.25) is 5.91 Å². The maximum atomic E-state index is 12.1. The largest absolute Gasteiger partial charge is 0.497 e. The smallest absolute Gasteiger partial charge is 0.277 e. The van der Waals surface area contributed by atoms with E-state index < -0.39 is 10.2 Å². The Morgan fingerprint density at radius 1 is 1.15 bits per heavy atom. The van der Waals surface area contributed by atoms with E-state index in [4.69, 9.17) is 9.47 Å². The highest BCUT2D eigenvalue weighted by molar-refractivity contribution is 7.87. The first-order valence-electron chi connectivity index (χ1n) is 8.27. The van der Waals surface area contributed by atoms with Gasteiger partial charge in [-0.1, -0.05) is 0 Å². The van der Waals surface area contributed by atoms with Gasteiger partial charge in [-0.25, -0.2) is 4.72 Å². The van der Waals surface area contributed by atoms with Gasteiger partial charge in [0.05, 0.1) is 20.8 Å². The van der Waals surface area contributed by atoms with E-state index in [2.05, 4.69) is 14.3 Å². The number of benzene rings is 1. The number of hydrogen-bond acceptors (Lipinski definition) is 6. The molecule has 0 saturated carbocycles. The number of methoxy groups -OCH3 is 2. The van der Waals surface area contributed by atoms with Crippen LogP contribution in [0.25, 0.3) is 0 Å². The van der Waals surface area contributed by atoms with Gasteiger partial charge < -0.3 is 14.4 Å². The molecule has 0 radical (unpaired) electrons. The van der Waals surface area contributed by atoms with Crippen molar-refractivity contribution in [1.82, 2.24) is 19.2 Å². The molecule has 2 N–H and O–H groups in total. The quantitative estimate of drug-likeness (QED) is 0.619. The van der Waals surface area contributed by atoms with Crippen LogP contribution in [0.1, 0.15) is 5.56 Å². The molecule has 10 heteroatoms. The van der Waals surface area contributed by atoms with Crippen molar-refractivity contribution in [1.29, 1.82) is 0 Å². The molecule has 1 aliphatic heterocycles. The standard InChI is InChI=1S/C16H26N4O5S/c1-17-26(22,23)18-11-16(21)20-8-6-19(7-9-20)12-13-10-14(24-2)4-5-15(13)25-3/h4-5,10,17-18H,6-9,11-12H2,1-3H3. The molecule has 1 aliphatic rings. The molecule has 1 saturated heterocycles. The van der Waals surface area contributed by atoms with Gasteiger partial charge in [0.25, 0.3) is 10.2 Å². The van der Waals surface area contributed by atoms with E-state index in [0.29, 0.717) is 32.7 Å². The third-order valence-electron chi connectivity index (χ3n) is 4.29. The molecule has 1 amide bonds. The van der Waals surface area contributed by atoms with Crippen LogP contribution in [-0.4, -0.2) is 78.1 Å². The molecule has 26 heavy (non-hydrogen) atoms. The van der Waals surface area contributed by atoms with E-state index in [1.807, 2.05) is 18.2 Å². The van der Waals surface area contributed by atoms with E-state index in [-0.39, 0.29) is 12.5 Å². The monoisotopic (exact) mass is 386 g/mol. The number of carbonyl (C=O) groups is 1. The van der Waals surface area contributed by atoms with E-state index in [1.165, 1.54) is 7.05 Å². The fourth-order valence-corrected chi connectivity index (χ4v) is 3.20. The molecular weight excluding hydrogens is 360 g/mol. The summed E-state index contributed by atoms with van der Waals surface area (Å²) in [7, 11) is 0.944. The lowest BCUT2D eigenvalue weighted by Crippen LogP contribution is -2.51. The number of nitrogens with zero attached hydrogens (tertiary/aromatic N) is 2. The lowest BCUT2D eigenvalue weighted by molar-refractivity contribution is -0.131. The van der Waals surface area contributed by atoms with Crippen LogP contribution in [0.3, 0.4) is 0 Å². The van der Waals surface area contributed by atoms with Crippen LogP contribution < -0.4 is 18.9 Å². The third kappa shape index (κ3) is 5.56. The van der Waals surface area contributed by atoms with Crippen molar-refractivity contribution in [2.24, 2.45) is 0 Å². The molecule has 0 unspecified atom stereocenters. The predicted octanol–water partition coefficient (Wildman–Crippen LogP) is -0.598. The van der Waals surface area contributed by atoms with E-state index >= 15 is 0 Å². The SMILES string of the molecule is CNS(=O)(=O)NCC(=O)N1CCN(Cc2cc(OC)ccc2OC)CC1. The van der Waals surface area contributed by atoms with Crippen molar-refractivity contribution >= 4 is 16.1 Å². The average Bonchev–Trinajstić information content (AvgIpc) is 2.66. The van der Waals surface area contributed by atoms with Crippen LogP contribution in [-0.2, 0) is 21.5 Å². The second kappa shape index (κ2) is 9.17. The fourth-order valence-electron chi connectivity index (χ4n) is 2.74. The van der Waals surface area contributed by atoms with Gasteiger partial charge in [-0.2, -0.15) is 13.1 Å². The first-order chi connectivity index (χ1) is 12.4. The number of amides is 1. The maximum Gasteiger partial charge on any atom is 0.277 e. The molecular formula is C16H26N4O5S. The minimum Gasteiger partial charge on any atom is -0.497 e. The molecule has 1 aromatic carbocycles. The molecule has 1 fully saturated rings. The van der Waals surface area contributed by atoms with E-state index in [9.17, 15) is 13.2 Å². The minimum absolute atomic E-state index is 0.234. The highest BCUT2D eigenvalue weighted by Crippen LogP contribution is 2.25. The van der Waals surface area contributed by atoms with Crippen LogP contribution in [0, 0.1) is 0 Å². The number of nitrogens with one attached hydrogen (secondary N) is 2. The van der Waals surface area contributed by atoms with Gasteiger partial charge in [-0.15, -0.1) is 0 Å². The Labute approximate surface area is 154 Å². The lowest BCUT2D eigenvalue weighted by Gasteiger charge is -2.35. The summed E-state index contributed by atoms with van der Waals surface area (Å²) in [6.45, 7) is 2.94. The Balaban J connectivity index is 1.88. The number of rotatable bonds is 8. The highest BCUT2D eigenvalue weighted by atomic mass is 32.2. The Kier molecular flexibility index (Phi) is 7.21. The summed E-state index contributed by atoms with van der Waals surface area (Å²) in [4.78, 5) is 16.0. The van der Waals surface area contributed by atoms with Crippen molar-refractivity contribution in [2.45, 2.75) is 6.54 Å². The molecule has 0 aromatic heterocycles. The molecule has 1 aromatic rings. The minimum atomic E-state index is -3.60. The van der Waals surface area contributed by atoms with Crippen molar-refractivity contribution in [2.75, 3.05) is 54.0 Å². The van der Waals surface area contributed by atoms with E-state index in [0.717, 1.165) is 17.1 Å². The Morgan fingerprint density at radius 2 is 1.85 bits per heavy atom. The van der Waals surface area contributed by atoms with Gasteiger partial charge in [0, 0.05) is 45.3 Å². The van der Waals surface area contributed by atoms with Crippen LogP contribution >= 0.6 is 0 Å². The maximum absolute atomic E-state index is 12.1. The molecule has 0 aliphatic carbocycles.